The van der Waals surface area contributed by atoms with Crippen molar-refractivity contribution in [2.75, 3.05) is 6.61 Å². The maximum absolute atomic E-state index is 12.9. The van der Waals surface area contributed by atoms with Crippen LogP contribution in [0.4, 0.5) is 13.2 Å². The molecular formula is C10H13F3N2O3. The van der Waals surface area contributed by atoms with Gasteiger partial charge in [-0.2, -0.15) is 18.3 Å². The van der Waals surface area contributed by atoms with Crippen molar-refractivity contribution in [2.24, 2.45) is 0 Å². The summed E-state index contributed by atoms with van der Waals surface area (Å²) in [5, 5.41) is 21.1. The molecule has 0 spiro atoms. The van der Waals surface area contributed by atoms with Crippen LogP contribution in [0.3, 0.4) is 0 Å². The van der Waals surface area contributed by atoms with E-state index in [-0.39, 0.29) is 18.5 Å². The number of aliphatic hydroxyl groups is 1. The van der Waals surface area contributed by atoms with Crippen LogP contribution in [0.25, 0.3) is 0 Å². The lowest BCUT2D eigenvalue weighted by molar-refractivity contribution is -0.146. The van der Waals surface area contributed by atoms with Crippen molar-refractivity contribution in [3.8, 4) is 0 Å². The Morgan fingerprint density at radius 1 is 1.56 bits per heavy atom. The van der Waals surface area contributed by atoms with Gasteiger partial charge in [0.25, 0.3) is 0 Å². The summed E-state index contributed by atoms with van der Waals surface area (Å²) in [6.45, 7) is 0.654. The number of carboxylic acid groups (broad SMARTS) is 1. The topological polar surface area (TPSA) is 75.3 Å². The highest BCUT2D eigenvalue weighted by Crippen LogP contribution is 2.36. The number of aromatic nitrogens is 2. The molecule has 8 heteroatoms. The summed E-state index contributed by atoms with van der Waals surface area (Å²) >= 11 is 0. The van der Waals surface area contributed by atoms with Gasteiger partial charge in [0, 0.05) is 5.56 Å². The predicted molar refractivity (Wildman–Crippen MR) is 55.0 cm³/mol. The zero-order valence-electron chi connectivity index (χ0n) is 9.61. The van der Waals surface area contributed by atoms with Gasteiger partial charge >= 0.3 is 12.1 Å². The van der Waals surface area contributed by atoms with Gasteiger partial charge in [0.15, 0.2) is 0 Å². The fourth-order valence-corrected chi connectivity index (χ4v) is 1.76. The van der Waals surface area contributed by atoms with E-state index in [4.69, 9.17) is 10.2 Å². The van der Waals surface area contributed by atoms with E-state index in [1.807, 2.05) is 0 Å². The lowest BCUT2D eigenvalue weighted by Gasteiger charge is -2.15. The lowest BCUT2D eigenvalue weighted by Crippen LogP contribution is -2.21. The largest absolute Gasteiger partial charge is 0.481 e. The summed E-state index contributed by atoms with van der Waals surface area (Å²) in [7, 11) is 0. The van der Waals surface area contributed by atoms with Crippen LogP contribution in [0.1, 0.15) is 30.5 Å². The number of nitrogens with zero attached hydrogens (tertiary/aromatic N) is 2. The Morgan fingerprint density at radius 2 is 2.17 bits per heavy atom. The molecule has 0 aliphatic carbocycles. The number of hydrogen-bond acceptors (Lipinski definition) is 3. The van der Waals surface area contributed by atoms with Gasteiger partial charge in [-0.1, -0.05) is 6.92 Å². The van der Waals surface area contributed by atoms with E-state index in [0.717, 1.165) is 6.20 Å². The van der Waals surface area contributed by atoms with Crippen molar-refractivity contribution in [1.29, 1.82) is 0 Å². The fraction of sp³-hybridized carbons (Fsp3) is 0.600. The summed E-state index contributed by atoms with van der Waals surface area (Å²) in [5.41, 5.74) is -1.48. The van der Waals surface area contributed by atoms with Crippen LogP contribution in [-0.4, -0.2) is 32.6 Å². The molecule has 0 saturated carbocycles. The smallest absolute Gasteiger partial charge is 0.433 e. The van der Waals surface area contributed by atoms with Gasteiger partial charge in [0.05, 0.1) is 25.3 Å². The van der Waals surface area contributed by atoms with Crippen LogP contribution < -0.4 is 0 Å². The predicted octanol–water partition coefficient (Wildman–Crippen LogP) is 1.47. The molecule has 2 N–H and O–H groups in total. The Hall–Kier alpha value is -1.57. The lowest BCUT2D eigenvalue weighted by atomic mass is 9.97. The highest BCUT2D eigenvalue weighted by atomic mass is 19.4. The van der Waals surface area contributed by atoms with Gasteiger partial charge in [-0.25, -0.2) is 0 Å². The number of carboxylic acids is 1. The van der Waals surface area contributed by atoms with Gasteiger partial charge in [-0.3, -0.25) is 9.48 Å². The maximum atomic E-state index is 12.9. The number of aliphatic carboxylic acids is 1. The van der Waals surface area contributed by atoms with Gasteiger partial charge in [0.2, 0.25) is 0 Å². The second-order valence-corrected chi connectivity index (χ2v) is 3.69. The molecule has 0 aromatic carbocycles. The quantitative estimate of drug-likeness (QED) is 0.846. The molecule has 1 aromatic rings. The van der Waals surface area contributed by atoms with Crippen LogP contribution >= 0.6 is 0 Å². The molecule has 0 radical (unpaired) electrons. The molecule has 0 fully saturated rings. The summed E-state index contributed by atoms with van der Waals surface area (Å²) in [6.07, 6.45) is -3.77. The molecule has 0 amide bonds. The second kappa shape index (κ2) is 5.38. The maximum Gasteiger partial charge on any atom is 0.433 e. The van der Waals surface area contributed by atoms with Crippen LogP contribution in [0.5, 0.6) is 0 Å². The molecule has 1 heterocycles. The van der Waals surface area contributed by atoms with E-state index in [2.05, 4.69) is 5.10 Å². The van der Waals surface area contributed by atoms with Crippen molar-refractivity contribution < 1.29 is 28.2 Å². The molecule has 5 nitrogen and oxygen atoms in total. The van der Waals surface area contributed by atoms with Gasteiger partial charge in [-0.15, -0.1) is 0 Å². The minimum atomic E-state index is -4.70. The molecule has 102 valence electrons. The molecular weight excluding hydrogens is 253 g/mol. The minimum absolute atomic E-state index is 0.0310. The average Bonchev–Trinajstić information content (AvgIpc) is 2.62. The number of aliphatic hydroxyl groups excluding tert-OH is 1. The van der Waals surface area contributed by atoms with E-state index in [0.29, 0.717) is 4.68 Å². The van der Waals surface area contributed by atoms with Crippen molar-refractivity contribution in [3.63, 3.8) is 0 Å². The van der Waals surface area contributed by atoms with E-state index in [1.165, 1.54) is 6.92 Å². The summed E-state index contributed by atoms with van der Waals surface area (Å²) in [4.78, 5) is 10.9. The Labute approximate surface area is 101 Å². The number of alkyl halides is 3. The molecule has 0 aliphatic heterocycles. The summed E-state index contributed by atoms with van der Waals surface area (Å²) in [5.74, 6) is -2.58. The zero-order chi connectivity index (χ0) is 13.9. The Kier molecular flexibility index (Phi) is 4.33. The van der Waals surface area contributed by atoms with Crippen molar-refractivity contribution in [1.82, 2.24) is 9.78 Å². The monoisotopic (exact) mass is 266 g/mol. The van der Waals surface area contributed by atoms with Crippen molar-refractivity contribution in [3.05, 3.63) is 17.5 Å². The molecule has 0 bridgehead atoms. The van der Waals surface area contributed by atoms with Crippen molar-refractivity contribution >= 4 is 5.97 Å². The van der Waals surface area contributed by atoms with E-state index in [9.17, 15) is 18.0 Å². The normalized spacial score (nSPS) is 13.6. The fourth-order valence-electron chi connectivity index (χ4n) is 1.76. The van der Waals surface area contributed by atoms with Gasteiger partial charge in [0.1, 0.15) is 5.69 Å². The first-order valence-electron chi connectivity index (χ1n) is 5.29. The first-order chi connectivity index (χ1) is 8.32. The minimum Gasteiger partial charge on any atom is -0.481 e. The van der Waals surface area contributed by atoms with E-state index in [1.54, 1.807) is 0 Å². The Balaban J connectivity index is 3.32. The summed E-state index contributed by atoms with van der Waals surface area (Å²) < 4.78 is 39.3. The van der Waals surface area contributed by atoms with Crippen LogP contribution in [0.15, 0.2) is 6.20 Å². The number of rotatable bonds is 5. The third kappa shape index (κ3) is 2.81. The highest BCUT2D eigenvalue weighted by Gasteiger charge is 2.40. The first-order valence-corrected chi connectivity index (χ1v) is 5.29. The SMILES string of the molecule is CCC(C(=O)O)c1cnn(CCO)c1C(F)(F)F. The third-order valence-electron chi connectivity index (χ3n) is 2.53. The zero-order valence-corrected chi connectivity index (χ0v) is 9.61. The van der Waals surface area contributed by atoms with Crippen LogP contribution in [0.2, 0.25) is 0 Å². The number of hydrogen-bond donors (Lipinski definition) is 2. The van der Waals surface area contributed by atoms with Crippen LogP contribution in [-0.2, 0) is 17.5 Å². The standard InChI is InChI=1S/C10H13F3N2O3/c1-2-6(9(17)18)7-5-14-15(3-4-16)8(7)10(11,12)13/h5-6,16H,2-4H2,1H3,(H,17,18). The molecule has 1 unspecified atom stereocenters. The molecule has 1 rings (SSSR count). The number of carbonyl (C=O) groups is 1. The van der Waals surface area contributed by atoms with Crippen LogP contribution in [0, 0.1) is 0 Å². The third-order valence-corrected chi connectivity index (χ3v) is 2.53. The molecule has 0 aliphatic rings. The molecule has 0 saturated heterocycles. The first kappa shape index (κ1) is 14.5. The molecule has 1 atom stereocenters. The van der Waals surface area contributed by atoms with E-state index >= 15 is 0 Å². The Bertz CT molecular complexity index is 428. The highest BCUT2D eigenvalue weighted by molar-refractivity contribution is 5.76. The van der Waals surface area contributed by atoms with E-state index < -0.39 is 30.4 Å². The number of halogens is 3. The second-order valence-electron chi connectivity index (χ2n) is 3.69. The molecule has 1 aromatic heterocycles. The Morgan fingerprint density at radius 3 is 2.56 bits per heavy atom. The molecule has 18 heavy (non-hydrogen) atoms. The van der Waals surface area contributed by atoms with Gasteiger partial charge < -0.3 is 10.2 Å². The van der Waals surface area contributed by atoms with Crippen molar-refractivity contribution in [2.45, 2.75) is 32.0 Å². The van der Waals surface area contributed by atoms with Gasteiger partial charge in [-0.05, 0) is 6.42 Å². The average molecular weight is 266 g/mol. The summed E-state index contributed by atoms with van der Waals surface area (Å²) in [6, 6.07) is 0.